The van der Waals surface area contributed by atoms with Gasteiger partial charge in [-0.3, -0.25) is 0 Å². The number of hydrogen-bond donors (Lipinski definition) is 0. The van der Waals surface area contributed by atoms with Gasteiger partial charge in [0.05, 0.1) is 0 Å². The van der Waals surface area contributed by atoms with Crippen molar-refractivity contribution in [3.63, 3.8) is 0 Å². The third-order valence-electron chi connectivity index (χ3n) is 2.91. The topological polar surface area (TPSA) is 50.3 Å². The zero-order valence-corrected chi connectivity index (χ0v) is 13.5. The van der Waals surface area contributed by atoms with Gasteiger partial charge in [-0.05, 0) is 34.5 Å². The van der Waals surface area contributed by atoms with Gasteiger partial charge in [0.25, 0.3) is 0 Å². The molecule has 0 aliphatic carbocycles. The Bertz CT molecular complexity index is 548. The summed E-state index contributed by atoms with van der Waals surface area (Å²) in [4.78, 5) is 6.23. The highest BCUT2D eigenvalue weighted by Gasteiger charge is 2.31. The van der Waals surface area contributed by atoms with Crippen molar-refractivity contribution in [1.82, 2.24) is 4.98 Å². The predicted octanol–water partition coefficient (Wildman–Crippen LogP) is 2.08. The van der Waals surface area contributed by atoms with Crippen molar-refractivity contribution in [3.8, 4) is 0 Å². The van der Waals surface area contributed by atoms with E-state index in [2.05, 4.69) is 20.9 Å². The summed E-state index contributed by atoms with van der Waals surface area (Å²) < 4.78 is 24.6. The maximum Gasteiger partial charge on any atom is 0.169 e. The van der Waals surface area contributed by atoms with Crippen LogP contribution in [0, 0.1) is 6.92 Å². The normalized spacial score (nSPS) is 21.1. The van der Waals surface area contributed by atoms with E-state index in [0.717, 1.165) is 28.2 Å². The van der Waals surface area contributed by atoms with E-state index in [9.17, 15) is 8.42 Å². The molecule has 1 aliphatic heterocycles. The number of sulfone groups is 1. The molecule has 0 aromatic carbocycles. The zero-order chi connectivity index (χ0) is 13.3. The van der Waals surface area contributed by atoms with Crippen LogP contribution in [-0.4, -0.2) is 43.1 Å². The zero-order valence-electron chi connectivity index (χ0n) is 10.3. The molecule has 4 nitrogen and oxygen atoms in total. The summed E-state index contributed by atoms with van der Waals surface area (Å²) in [5, 5.41) is -0.468. The minimum Gasteiger partial charge on any atom is -0.338 e. The summed E-state index contributed by atoms with van der Waals surface area (Å²) in [6.45, 7) is 2.69. The van der Waals surface area contributed by atoms with Crippen molar-refractivity contribution in [3.05, 3.63) is 22.3 Å². The molecule has 7 heteroatoms. The smallest absolute Gasteiger partial charge is 0.169 e. The minimum absolute atomic E-state index is 0.468. The minimum atomic E-state index is -3.09. The maximum atomic E-state index is 11.8. The van der Waals surface area contributed by atoms with Crippen molar-refractivity contribution in [1.29, 1.82) is 0 Å². The quantitative estimate of drug-likeness (QED) is 0.817. The van der Waals surface area contributed by atoms with E-state index in [1.54, 1.807) is 18.0 Å². The van der Waals surface area contributed by atoms with Crippen molar-refractivity contribution >= 4 is 43.3 Å². The second kappa shape index (κ2) is 5.38. The van der Waals surface area contributed by atoms with Gasteiger partial charge in [0.1, 0.15) is 11.2 Å². The largest absolute Gasteiger partial charge is 0.338 e. The number of rotatable bonds is 2. The molecular formula is C11H15BrN2O2S2. The lowest BCUT2D eigenvalue weighted by Gasteiger charge is -2.35. The molecule has 1 unspecified atom stereocenters. The van der Waals surface area contributed by atoms with Gasteiger partial charge in [0, 0.05) is 35.0 Å². The molecule has 0 spiro atoms. The first kappa shape index (κ1) is 14.1. The Balaban J connectivity index is 2.37. The van der Waals surface area contributed by atoms with Gasteiger partial charge < -0.3 is 4.90 Å². The number of thioether (sulfide) groups is 1. The van der Waals surface area contributed by atoms with Gasteiger partial charge in [0.2, 0.25) is 0 Å². The molecular weight excluding hydrogens is 336 g/mol. The molecule has 2 rings (SSSR count). The average Bonchev–Trinajstić information content (AvgIpc) is 2.32. The van der Waals surface area contributed by atoms with Crippen LogP contribution in [0.25, 0.3) is 0 Å². The van der Waals surface area contributed by atoms with Gasteiger partial charge >= 0.3 is 0 Å². The van der Waals surface area contributed by atoms with Crippen LogP contribution in [-0.2, 0) is 9.84 Å². The molecule has 0 N–H and O–H groups in total. The van der Waals surface area contributed by atoms with Gasteiger partial charge in [0.15, 0.2) is 9.84 Å². The molecule has 1 aliphatic rings. The molecule has 0 radical (unpaired) electrons. The number of halogens is 1. The first-order valence-corrected chi connectivity index (χ1v) is 9.45. The van der Waals surface area contributed by atoms with Crippen LogP contribution in [0.2, 0.25) is 0 Å². The summed E-state index contributed by atoms with van der Waals surface area (Å²) in [6.07, 6.45) is 3.02. The van der Waals surface area contributed by atoms with Crippen molar-refractivity contribution < 1.29 is 8.42 Å². The molecule has 1 aromatic rings. The molecule has 0 amide bonds. The Hall–Kier alpha value is -0.270. The highest BCUT2D eigenvalue weighted by Crippen LogP contribution is 2.27. The highest BCUT2D eigenvalue weighted by atomic mass is 79.9. The summed E-state index contributed by atoms with van der Waals surface area (Å²) >= 11 is 5.08. The van der Waals surface area contributed by atoms with Crippen LogP contribution in [0.4, 0.5) is 5.82 Å². The van der Waals surface area contributed by atoms with Gasteiger partial charge in [-0.1, -0.05) is 0 Å². The molecule has 1 aromatic heterocycles. The molecule has 100 valence electrons. The molecule has 2 heterocycles. The first-order chi connectivity index (χ1) is 8.39. The van der Waals surface area contributed by atoms with E-state index in [4.69, 9.17) is 0 Å². The number of aryl methyl sites for hydroxylation is 1. The Kier molecular flexibility index (Phi) is 4.23. The SMILES string of the molecule is Cc1cc(N2CCSCC2S(C)(=O)=O)ncc1Br. The fourth-order valence-electron chi connectivity index (χ4n) is 1.88. The highest BCUT2D eigenvalue weighted by molar-refractivity contribution is 9.10. The Morgan fingerprint density at radius 3 is 2.89 bits per heavy atom. The van der Waals surface area contributed by atoms with E-state index in [1.807, 2.05) is 17.9 Å². The standard InChI is InChI=1S/C11H15BrN2O2S2/c1-8-5-10(13-6-9(8)12)14-3-4-17-7-11(14)18(2,15)16/h5-6,11H,3-4,7H2,1-2H3. The summed E-state index contributed by atoms with van der Waals surface area (Å²) in [5.74, 6) is 2.28. The van der Waals surface area contributed by atoms with E-state index in [-0.39, 0.29) is 0 Å². The lowest BCUT2D eigenvalue weighted by molar-refractivity contribution is 0.583. The van der Waals surface area contributed by atoms with Crippen LogP contribution >= 0.6 is 27.7 Å². The van der Waals surface area contributed by atoms with Crippen molar-refractivity contribution in [2.75, 3.05) is 29.2 Å². The van der Waals surface area contributed by atoms with Crippen LogP contribution < -0.4 is 4.90 Å². The lowest BCUT2D eigenvalue weighted by Crippen LogP contribution is -2.47. The first-order valence-electron chi connectivity index (χ1n) is 5.55. The van der Waals surface area contributed by atoms with Crippen molar-refractivity contribution in [2.45, 2.75) is 12.3 Å². The molecule has 1 saturated heterocycles. The third kappa shape index (κ3) is 3.00. The number of nitrogens with zero attached hydrogens (tertiary/aromatic N) is 2. The number of aromatic nitrogens is 1. The van der Waals surface area contributed by atoms with E-state index in [1.165, 1.54) is 6.26 Å². The second-order valence-corrected chi connectivity index (χ2v) is 8.55. The van der Waals surface area contributed by atoms with E-state index in [0.29, 0.717) is 5.75 Å². The van der Waals surface area contributed by atoms with Crippen LogP contribution in [0.3, 0.4) is 0 Å². The monoisotopic (exact) mass is 350 g/mol. The predicted molar refractivity (Wildman–Crippen MR) is 80.0 cm³/mol. The Labute approximate surface area is 120 Å². The fraction of sp³-hybridized carbons (Fsp3) is 0.545. The average molecular weight is 351 g/mol. The van der Waals surface area contributed by atoms with E-state index < -0.39 is 15.2 Å². The Morgan fingerprint density at radius 1 is 1.56 bits per heavy atom. The molecule has 1 fully saturated rings. The van der Waals surface area contributed by atoms with Crippen molar-refractivity contribution in [2.24, 2.45) is 0 Å². The summed E-state index contributed by atoms with van der Waals surface area (Å²) in [5.41, 5.74) is 1.06. The molecule has 0 saturated carbocycles. The summed E-state index contributed by atoms with van der Waals surface area (Å²) in [6, 6.07) is 1.93. The lowest BCUT2D eigenvalue weighted by atomic mass is 10.3. The van der Waals surface area contributed by atoms with Gasteiger partial charge in [-0.25, -0.2) is 13.4 Å². The fourth-order valence-corrected chi connectivity index (χ4v) is 4.92. The van der Waals surface area contributed by atoms with Crippen LogP contribution in [0.5, 0.6) is 0 Å². The van der Waals surface area contributed by atoms with Crippen LogP contribution in [0.1, 0.15) is 5.56 Å². The molecule has 18 heavy (non-hydrogen) atoms. The van der Waals surface area contributed by atoms with Crippen LogP contribution in [0.15, 0.2) is 16.7 Å². The number of anilines is 1. The van der Waals surface area contributed by atoms with Gasteiger partial charge in [-0.2, -0.15) is 11.8 Å². The Morgan fingerprint density at radius 2 is 2.28 bits per heavy atom. The number of hydrogen-bond acceptors (Lipinski definition) is 5. The maximum absolute atomic E-state index is 11.8. The van der Waals surface area contributed by atoms with Gasteiger partial charge in [-0.15, -0.1) is 0 Å². The number of pyridine rings is 1. The second-order valence-electron chi connectivity index (χ2n) is 4.34. The van der Waals surface area contributed by atoms with E-state index >= 15 is 0 Å². The molecule has 0 bridgehead atoms. The third-order valence-corrected chi connectivity index (χ3v) is 6.38. The molecule has 1 atom stereocenters. The summed E-state index contributed by atoms with van der Waals surface area (Å²) in [7, 11) is -3.09.